The molecule has 4 heteroatoms. The second-order valence-electron chi connectivity index (χ2n) is 9.25. The minimum absolute atomic E-state index is 0. The van der Waals surface area contributed by atoms with Gasteiger partial charge in [-0.1, -0.05) is 60.7 Å². The minimum Gasteiger partial charge on any atom is -0.304 e. The fraction of sp³-hybridized carbons (Fsp3) is 0.0278. The van der Waals surface area contributed by atoms with Crippen molar-refractivity contribution < 1.29 is 20.1 Å². The number of nitrogens with zero attached hydrogens (tertiary/aromatic N) is 3. The fourth-order valence-electron chi connectivity index (χ4n) is 4.56. The number of rotatable bonds is 3. The standard InChI is InChI=1S/C18H11N2.C18H14N.Ir/c1-2-6-13(7-3-1)18-19-12-16-10-14-8-4-5-9-15(14)11-17(16)20-18;1-14-12-18(16-10-6-3-7-11-16)19-13-17(14)15-8-4-2-5-9-15;/h1-6,8-12H;2-10,12-13H,1H3;/q2*-1;. The Bertz CT molecular complexity index is 1850. The largest absolute Gasteiger partial charge is 0.304 e. The van der Waals surface area contributed by atoms with E-state index in [9.17, 15) is 0 Å². The molecule has 0 fully saturated rings. The number of hydrogen-bond acceptors (Lipinski definition) is 3. The molecular weight excluding hydrogens is 667 g/mol. The summed E-state index contributed by atoms with van der Waals surface area (Å²) in [6.07, 6.45) is 3.83. The Kier molecular flexibility index (Phi) is 8.51. The van der Waals surface area contributed by atoms with Gasteiger partial charge < -0.3 is 4.98 Å². The van der Waals surface area contributed by atoms with E-state index in [0.29, 0.717) is 5.82 Å². The molecule has 0 bridgehead atoms. The van der Waals surface area contributed by atoms with E-state index in [1.807, 2.05) is 91.3 Å². The van der Waals surface area contributed by atoms with Crippen molar-refractivity contribution in [1.29, 1.82) is 0 Å². The Labute approximate surface area is 248 Å². The quantitative estimate of drug-likeness (QED) is 0.137. The van der Waals surface area contributed by atoms with Crippen molar-refractivity contribution in [3.63, 3.8) is 0 Å². The minimum atomic E-state index is 0. The molecule has 1 radical (unpaired) electrons. The first-order valence-corrected chi connectivity index (χ1v) is 12.9. The van der Waals surface area contributed by atoms with Crippen LogP contribution in [0.2, 0.25) is 0 Å². The van der Waals surface area contributed by atoms with Crippen LogP contribution in [0.25, 0.3) is 55.4 Å². The second-order valence-corrected chi connectivity index (χ2v) is 9.25. The zero-order valence-corrected chi connectivity index (χ0v) is 24.3. The zero-order chi connectivity index (χ0) is 26.4. The smallest absolute Gasteiger partial charge is 0.0755 e. The molecular formula is C36H25IrN3-2. The first kappa shape index (κ1) is 27.1. The average molecular weight is 692 g/mol. The molecule has 0 atom stereocenters. The van der Waals surface area contributed by atoms with Crippen molar-refractivity contribution in [3.8, 4) is 33.8 Å². The Morgan fingerprint density at radius 3 is 1.90 bits per heavy atom. The molecule has 0 saturated heterocycles. The number of aryl methyl sites for hydroxylation is 1. The molecule has 0 aliphatic carbocycles. The summed E-state index contributed by atoms with van der Waals surface area (Å²) in [5.41, 5.74) is 7.50. The summed E-state index contributed by atoms with van der Waals surface area (Å²) in [4.78, 5) is 13.6. The maximum atomic E-state index is 4.65. The van der Waals surface area contributed by atoms with Gasteiger partial charge in [-0.05, 0) is 46.6 Å². The van der Waals surface area contributed by atoms with Gasteiger partial charge in [0.25, 0.3) is 0 Å². The molecule has 2 aromatic heterocycles. The molecule has 0 aliphatic rings. The Morgan fingerprint density at radius 1 is 0.575 bits per heavy atom. The first-order valence-electron chi connectivity index (χ1n) is 12.9. The molecule has 0 saturated carbocycles. The van der Waals surface area contributed by atoms with E-state index in [1.54, 1.807) is 0 Å². The Balaban J connectivity index is 0.000000158. The van der Waals surface area contributed by atoms with Crippen LogP contribution < -0.4 is 0 Å². The van der Waals surface area contributed by atoms with E-state index in [0.717, 1.165) is 27.7 Å². The third-order valence-corrected chi connectivity index (χ3v) is 6.58. The van der Waals surface area contributed by atoms with Crippen LogP contribution >= 0.6 is 0 Å². The average Bonchev–Trinajstić information content (AvgIpc) is 3.01. The first-order chi connectivity index (χ1) is 19.2. The van der Waals surface area contributed by atoms with E-state index in [4.69, 9.17) is 0 Å². The maximum absolute atomic E-state index is 4.65. The molecule has 2 heterocycles. The van der Waals surface area contributed by atoms with E-state index in [-0.39, 0.29) is 20.1 Å². The third-order valence-electron chi connectivity index (χ3n) is 6.58. The van der Waals surface area contributed by atoms with Crippen molar-refractivity contribution in [2.45, 2.75) is 6.92 Å². The molecule has 195 valence electrons. The molecule has 7 rings (SSSR count). The van der Waals surface area contributed by atoms with Gasteiger partial charge in [-0.25, -0.2) is 0 Å². The van der Waals surface area contributed by atoms with Gasteiger partial charge in [0.05, 0.1) is 11.3 Å². The van der Waals surface area contributed by atoms with Crippen LogP contribution in [0.15, 0.2) is 134 Å². The molecule has 3 nitrogen and oxygen atoms in total. The SMILES string of the molecule is Cc1cc(-c2[c-]cccc2)ncc1-c1ccccc1.[Ir].[c-]1ccccc1-c1ncc2cc3ccccc3cc2n1. The summed E-state index contributed by atoms with van der Waals surface area (Å²) in [5.74, 6) is 0.716. The van der Waals surface area contributed by atoms with Crippen LogP contribution in [0, 0.1) is 19.1 Å². The van der Waals surface area contributed by atoms with Gasteiger partial charge in [0.1, 0.15) is 0 Å². The number of benzene rings is 5. The number of hydrogen-bond donors (Lipinski definition) is 0. The Morgan fingerprint density at radius 2 is 1.23 bits per heavy atom. The number of pyridine rings is 1. The molecule has 0 aliphatic heterocycles. The van der Waals surface area contributed by atoms with E-state index >= 15 is 0 Å². The second kappa shape index (κ2) is 12.6. The van der Waals surface area contributed by atoms with Crippen molar-refractivity contribution >= 4 is 21.7 Å². The topological polar surface area (TPSA) is 38.7 Å². The summed E-state index contributed by atoms with van der Waals surface area (Å²) in [6.45, 7) is 2.12. The van der Waals surface area contributed by atoms with Gasteiger partial charge in [0, 0.05) is 43.4 Å². The van der Waals surface area contributed by atoms with Crippen LogP contribution in [0.4, 0.5) is 0 Å². The summed E-state index contributed by atoms with van der Waals surface area (Å²) < 4.78 is 0. The van der Waals surface area contributed by atoms with Crippen molar-refractivity contribution in [1.82, 2.24) is 15.0 Å². The van der Waals surface area contributed by atoms with Crippen LogP contribution in [0.5, 0.6) is 0 Å². The van der Waals surface area contributed by atoms with Crippen LogP contribution in [-0.4, -0.2) is 15.0 Å². The van der Waals surface area contributed by atoms with Crippen LogP contribution in [0.3, 0.4) is 0 Å². The van der Waals surface area contributed by atoms with Gasteiger partial charge in [0.15, 0.2) is 0 Å². The summed E-state index contributed by atoms with van der Waals surface area (Å²) in [6, 6.07) is 47.1. The van der Waals surface area contributed by atoms with Crippen LogP contribution in [-0.2, 0) is 20.1 Å². The molecule has 0 N–H and O–H groups in total. The van der Waals surface area contributed by atoms with Crippen molar-refractivity contribution in [2.24, 2.45) is 0 Å². The fourth-order valence-corrected chi connectivity index (χ4v) is 4.56. The van der Waals surface area contributed by atoms with Gasteiger partial charge in [-0.2, -0.15) is 0 Å². The van der Waals surface area contributed by atoms with Gasteiger partial charge in [-0.15, -0.1) is 71.8 Å². The van der Waals surface area contributed by atoms with E-state index in [1.165, 1.54) is 27.5 Å². The third kappa shape index (κ3) is 6.05. The molecule has 0 amide bonds. The monoisotopic (exact) mass is 692 g/mol. The maximum Gasteiger partial charge on any atom is 0.0755 e. The molecule has 0 unspecified atom stereocenters. The van der Waals surface area contributed by atoms with Gasteiger partial charge >= 0.3 is 0 Å². The predicted molar refractivity (Wildman–Crippen MR) is 160 cm³/mol. The summed E-state index contributed by atoms with van der Waals surface area (Å²) >= 11 is 0. The normalized spacial score (nSPS) is 10.4. The van der Waals surface area contributed by atoms with Crippen molar-refractivity contribution in [2.75, 3.05) is 0 Å². The number of aromatic nitrogens is 3. The predicted octanol–water partition coefficient (Wildman–Crippen LogP) is 8.77. The van der Waals surface area contributed by atoms with Crippen LogP contribution in [0.1, 0.15) is 5.56 Å². The van der Waals surface area contributed by atoms with Crippen molar-refractivity contribution in [3.05, 3.63) is 151 Å². The molecule has 7 aromatic rings. The molecule has 0 spiro atoms. The summed E-state index contributed by atoms with van der Waals surface area (Å²) in [7, 11) is 0. The Hall–Kier alpha value is -4.50. The summed E-state index contributed by atoms with van der Waals surface area (Å²) in [5, 5.41) is 3.47. The number of fused-ring (bicyclic) bond motifs is 2. The molecule has 40 heavy (non-hydrogen) atoms. The molecule has 5 aromatic carbocycles. The van der Waals surface area contributed by atoms with Gasteiger partial charge in [0.2, 0.25) is 0 Å². The van der Waals surface area contributed by atoms with E-state index in [2.05, 4.69) is 76.5 Å². The zero-order valence-electron chi connectivity index (χ0n) is 21.9. The van der Waals surface area contributed by atoms with Gasteiger partial charge in [-0.3, -0.25) is 9.97 Å². The van der Waals surface area contributed by atoms with E-state index < -0.39 is 0 Å².